The lowest BCUT2D eigenvalue weighted by molar-refractivity contribution is 0.306. The third-order valence-electron chi connectivity index (χ3n) is 4.61. The molecule has 2 aromatic rings. The zero-order valence-corrected chi connectivity index (χ0v) is 13.3. The molecule has 1 fully saturated rings. The van der Waals surface area contributed by atoms with Gasteiger partial charge in [-0.1, -0.05) is 24.3 Å². The van der Waals surface area contributed by atoms with Crippen molar-refractivity contribution >= 4 is 0 Å². The Morgan fingerprint density at radius 1 is 1.17 bits per heavy atom. The van der Waals surface area contributed by atoms with E-state index in [0.717, 1.165) is 31.1 Å². The van der Waals surface area contributed by atoms with Crippen molar-refractivity contribution in [3.05, 3.63) is 63.6 Å². The van der Waals surface area contributed by atoms with Crippen LogP contribution in [-0.2, 0) is 13.0 Å². The van der Waals surface area contributed by atoms with Gasteiger partial charge in [0, 0.05) is 30.3 Å². The van der Waals surface area contributed by atoms with Gasteiger partial charge in [0.25, 0.3) is 5.56 Å². The Morgan fingerprint density at radius 2 is 2.00 bits per heavy atom. The number of nitrogens with one attached hydrogen (secondary N) is 1. The molecule has 2 heterocycles. The summed E-state index contributed by atoms with van der Waals surface area (Å²) in [5, 5.41) is 3.47. The minimum atomic E-state index is 0.0307. The summed E-state index contributed by atoms with van der Waals surface area (Å²) in [6.07, 6.45) is 4.39. The van der Waals surface area contributed by atoms with E-state index in [-0.39, 0.29) is 5.56 Å². The van der Waals surface area contributed by atoms with Gasteiger partial charge in [0.15, 0.2) is 0 Å². The van der Waals surface area contributed by atoms with Crippen LogP contribution < -0.4 is 15.6 Å². The van der Waals surface area contributed by atoms with Crippen LogP contribution in [0.3, 0.4) is 0 Å². The lowest BCUT2D eigenvalue weighted by atomic mass is 9.98. The van der Waals surface area contributed by atoms with Gasteiger partial charge in [0.05, 0.1) is 13.2 Å². The van der Waals surface area contributed by atoms with E-state index < -0.39 is 0 Å². The van der Waals surface area contributed by atoms with Crippen LogP contribution in [0.4, 0.5) is 0 Å². The molecule has 1 aromatic heterocycles. The number of fused-ring (bicyclic) bond motifs is 2. The van der Waals surface area contributed by atoms with E-state index in [9.17, 15) is 4.79 Å². The molecule has 1 aromatic carbocycles. The number of aromatic nitrogens is 1. The molecule has 1 aliphatic carbocycles. The second kappa shape index (κ2) is 6.20. The largest absolute Gasteiger partial charge is 0.493 e. The highest BCUT2D eigenvalue weighted by Crippen LogP contribution is 2.23. The van der Waals surface area contributed by atoms with Crippen molar-refractivity contribution in [3.8, 4) is 5.75 Å². The summed E-state index contributed by atoms with van der Waals surface area (Å²) >= 11 is 0. The van der Waals surface area contributed by atoms with Gasteiger partial charge >= 0.3 is 0 Å². The molecule has 4 rings (SSSR count). The highest BCUT2D eigenvalue weighted by Gasteiger charge is 2.19. The fourth-order valence-corrected chi connectivity index (χ4v) is 3.14. The molecule has 1 aliphatic heterocycles. The van der Waals surface area contributed by atoms with Crippen molar-refractivity contribution in [1.29, 1.82) is 0 Å². The Kier molecular flexibility index (Phi) is 3.92. The van der Waals surface area contributed by atoms with Crippen molar-refractivity contribution < 1.29 is 4.74 Å². The fraction of sp³-hybridized carbons (Fsp3) is 0.421. The lowest BCUT2D eigenvalue weighted by Crippen LogP contribution is -2.27. The molecular weight excluding hydrogens is 288 g/mol. The molecular formula is C19H22N2O2. The highest BCUT2D eigenvalue weighted by molar-refractivity contribution is 5.37. The Hall–Kier alpha value is -2.07. The van der Waals surface area contributed by atoms with Crippen molar-refractivity contribution in [2.75, 3.05) is 13.2 Å². The number of rotatable bonds is 6. The van der Waals surface area contributed by atoms with Gasteiger partial charge in [-0.05, 0) is 36.9 Å². The number of benzene rings is 1. The van der Waals surface area contributed by atoms with E-state index >= 15 is 0 Å². The fourth-order valence-electron chi connectivity index (χ4n) is 3.14. The molecule has 4 nitrogen and oxygen atoms in total. The van der Waals surface area contributed by atoms with E-state index in [1.165, 1.54) is 24.0 Å². The van der Waals surface area contributed by atoms with Gasteiger partial charge in [0.2, 0.25) is 0 Å². The summed E-state index contributed by atoms with van der Waals surface area (Å²) < 4.78 is 7.64. The van der Waals surface area contributed by atoms with Crippen molar-refractivity contribution in [2.24, 2.45) is 0 Å². The van der Waals surface area contributed by atoms with Crippen LogP contribution in [0.15, 0.2) is 41.2 Å². The van der Waals surface area contributed by atoms with Gasteiger partial charge in [0.1, 0.15) is 5.75 Å². The Morgan fingerprint density at radius 3 is 2.83 bits per heavy atom. The van der Waals surface area contributed by atoms with Crippen LogP contribution in [0.5, 0.6) is 5.75 Å². The molecule has 0 atom stereocenters. The maximum atomic E-state index is 12.4. The Labute approximate surface area is 136 Å². The number of pyridine rings is 1. The van der Waals surface area contributed by atoms with Crippen LogP contribution in [0.25, 0.3) is 0 Å². The normalized spacial score (nSPS) is 15.8. The quantitative estimate of drug-likeness (QED) is 0.711. The molecule has 4 heteroatoms. The summed E-state index contributed by atoms with van der Waals surface area (Å²) in [4.78, 5) is 12.4. The number of nitrogens with zero attached hydrogens (tertiary/aromatic N) is 1. The minimum Gasteiger partial charge on any atom is -0.493 e. The minimum absolute atomic E-state index is 0.0307. The molecule has 0 amide bonds. The zero-order chi connectivity index (χ0) is 15.6. The number of hydrogen-bond donors (Lipinski definition) is 1. The molecule has 2 aliphatic rings. The first kappa shape index (κ1) is 14.5. The highest BCUT2D eigenvalue weighted by atomic mass is 16.5. The smallest absolute Gasteiger partial charge is 0.254 e. The second-order valence-electron chi connectivity index (χ2n) is 6.48. The molecule has 0 saturated heterocycles. The van der Waals surface area contributed by atoms with E-state index in [0.29, 0.717) is 18.9 Å². The van der Waals surface area contributed by atoms with E-state index in [1.807, 2.05) is 16.7 Å². The molecule has 0 spiro atoms. The van der Waals surface area contributed by atoms with Gasteiger partial charge in [-0.25, -0.2) is 0 Å². The molecule has 120 valence electrons. The first-order valence-electron chi connectivity index (χ1n) is 8.46. The summed E-state index contributed by atoms with van der Waals surface area (Å²) in [6.45, 7) is 2.30. The van der Waals surface area contributed by atoms with Gasteiger partial charge in [-0.3, -0.25) is 4.79 Å². The number of ether oxygens (including phenoxy) is 1. The standard InChI is InChI=1S/C19H22N2O2/c22-19-12-18(23-9-3-8-20-16-6-7-16)11-17-10-14-4-1-2-5-15(14)13-21(17)19/h1-2,4-5,11-12,16,20H,3,6-10,13H2. The summed E-state index contributed by atoms with van der Waals surface area (Å²) in [5.41, 5.74) is 3.62. The molecule has 23 heavy (non-hydrogen) atoms. The van der Waals surface area contributed by atoms with Crippen LogP contribution in [0.2, 0.25) is 0 Å². The maximum absolute atomic E-state index is 12.4. The Balaban J connectivity index is 1.42. The molecule has 1 N–H and O–H groups in total. The van der Waals surface area contributed by atoms with Crippen molar-refractivity contribution in [2.45, 2.75) is 38.3 Å². The van der Waals surface area contributed by atoms with Gasteiger partial charge in [-0.2, -0.15) is 0 Å². The molecule has 0 radical (unpaired) electrons. The molecule has 0 unspecified atom stereocenters. The van der Waals surface area contributed by atoms with Gasteiger partial charge < -0.3 is 14.6 Å². The SMILES string of the molecule is O=c1cc(OCCCNC2CC2)cc2n1Cc1ccccc1C2. The monoisotopic (exact) mass is 310 g/mol. The summed E-state index contributed by atoms with van der Waals surface area (Å²) in [5.74, 6) is 0.701. The first-order valence-corrected chi connectivity index (χ1v) is 8.46. The van der Waals surface area contributed by atoms with Crippen LogP contribution in [0, 0.1) is 0 Å². The van der Waals surface area contributed by atoms with Crippen LogP contribution in [-0.4, -0.2) is 23.8 Å². The predicted octanol–water partition coefficient (Wildman–Crippen LogP) is 2.32. The zero-order valence-electron chi connectivity index (χ0n) is 13.3. The average Bonchev–Trinajstić information content (AvgIpc) is 3.37. The first-order chi connectivity index (χ1) is 11.3. The molecule has 1 saturated carbocycles. The van der Waals surface area contributed by atoms with Crippen molar-refractivity contribution in [1.82, 2.24) is 9.88 Å². The van der Waals surface area contributed by atoms with Crippen LogP contribution in [0.1, 0.15) is 36.1 Å². The van der Waals surface area contributed by atoms with E-state index in [1.54, 1.807) is 6.07 Å². The average molecular weight is 310 g/mol. The van der Waals surface area contributed by atoms with Crippen molar-refractivity contribution in [3.63, 3.8) is 0 Å². The lowest BCUT2D eigenvalue weighted by Gasteiger charge is -2.22. The second-order valence-corrected chi connectivity index (χ2v) is 6.48. The number of hydrogen-bond acceptors (Lipinski definition) is 3. The van der Waals surface area contributed by atoms with E-state index in [2.05, 4.69) is 23.5 Å². The maximum Gasteiger partial charge on any atom is 0.254 e. The third kappa shape index (κ3) is 3.32. The summed E-state index contributed by atoms with van der Waals surface area (Å²) in [7, 11) is 0. The van der Waals surface area contributed by atoms with Gasteiger partial charge in [-0.15, -0.1) is 0 Å². The predicted molar refractivity (Wildman–Crippen MR) is 90.2 cm³/mol. The summed E-state index contributed by atoms with van der Waals surface area (Å²) in [6, 6.07) is 12.7. The third-order valence-corrected chi connectivity index (χ3v) is 4.61. The molecule has 0 bridgehead atoms. The topological polar surface area (TPSA) is 43.3 Å². The van der Waals surface area contributed by atoms with E-state index in [4.69, 9.17) is 4.74 Å². The van der Waals surface area contributed by atoms with Crippen LogP contribution >= 0.6 is 0 Å². The Bertz CT molecular complexity index is 762.